The van der Waals surface area contributed by atoms with Crippen LogP contribution in [0.15, 0.2) is 30.5 Å². The van der Waals surface area contributed by atoms with Gasteiger partial charge in [0.1, 0.15) is 0 Å². The molecule has 3 nitrogen and oxygen atoms in total. The van der Waals surface area contributed by atoms with Gasteiger partial charge in [0.2, 0.25) is 0 Å². The molecule has 3 rings (SSSR count). The zero-order chi connectivity index (χ0) is 11.7. The summed E-state index contributed by atoms with van der Waals surface area (Å²) in [6.07, 6.45) is 2.96. The van der Waals surface area contributed by atoms with Crippen LogP contribution < -0.4 is 10.6 Å². The Labute approximate surface area is 105 Å². The minimum absolute atomic E-state index is 0.500. The van der Waals surface area contributed by atoms with E-state index < -0.39 is 0 Å². The predicted octanol–water partition coefficient (Wildman–Crippen LogP) is 2.66. The largest absolute Gasteiger partial charge is 0.380 e. The van der Waals surface area contributed by atoms with Gasteiger partial charge in [-0.05, 0) is 25.1 Å². The SMILES string of the molecule is Clc1cccc2c(NC3CCNC3)ccnc12. The highest BCUT2D eigenvalue weighted by Gasteiger charge is 2.15. The van der Waals surface area contributed by atoms with Crippen LogP contribution in [0.3, 0.4) is 0 Å². The third-order valence-electron chi connectivity index (χ3n) is 3.14. The Balaban J connectivity index is 2.01. The van der Waals surface area contributed by atoms with Crippen LogP contribution in [0, 0.1) is 0 Å². The molecule has 0 spiro atoms. The summed E-state index contributed by atoms with van der Waals surface area (Å²) in [6, 6.07) is 8.40. The molecule has 1 aliphatic heterocycles. The van der Waals surface area contributed by atoms with Gasteiger partial charge in [0.05, 0.1) is 10.5 Å². The zero-order valence-electron chi connectivity index (χ0n) is 9.41. The number of hydrogen-bond acceptors (Lipinski definition) is 3. The third-order valence-corrected chi connectivity index (χ3v) is 3.45. The number of fused-ring (bicyclic) bond motifs is 1. The van der Waals surface area contributed by atoms with Crippen molar-refractivity contribution in [2.45, 2.75) is 12.5 Å². The van der Waals surface area contributed by atoms with E-state index in [2.05, 4.69) is 21.7 Å². The summed E-state index contributed by atoms with van der Waals surface area (Å²) in [4.78, 5) is 4.33. The van der Waals surface area contributed by atoms with Crippen LogP contribution in [0.5, 0.6) is 0 Å². The first-order valence-corrected chi connectivity index (χ1v) is 6.23. The van der Waals surface area contributed by atoms with Gasteiger partial charge in [0.25, 0.3) is 0 Å². The lowest BCUT2D eigenvalue weighted by Crippen LogP contribution is -2.22. The molecule has 1 saturated heterocycles. The van der Waals surface area contributed by atoms with Crippen molar-refractivity contribution in [3.63, 3.8) is 0 Å². The molecule has 1 aromatic carbocycles. The first kappa shape index (κ1) is 10.8. The summed E-state index contributed by atoms with van der Waals surface area (Å²) >= 11 is 6.14. The molecular weight excluding hydrogens is 234 g/mol. The average molecular weight is 248 g/mol. The molecule has 1 fully saturated rings. The zero-order valence-corrected chi connectivity index (χ0v) is 10.2. The van der Waals surface area contributed by atoms with Crippen LogP contribution >= 0.6 is 11.6 Å². The van der Waals surface area contributed by atoms with Crippen LogP contribution in [0.2, 0.25) is 5.02 Å². The summed E-state index contributed by atoms with van der Waals surface area (Å²) in [5.74, 6) is 0. The summed E-state index contributed by atoms with van der Waals surface area (Å²) in [5, 5.41) is 8.69. The Morgan fingerprint density at radius 3 is 3.12 bits per heavy atom. The van der Waals surface area contributed by atoms with Crippen LogP contribution in [-0.2, 0) is 0 Å². The van der Waals surface area contributed by atoms with Gasteiger partial charge < -0.3 is 10.6 Å². The van der Waals surface area contributed by atoms with Crippen LogP contribution in [0.25, 0.3) is 10.9 Å². The van der Waals surface area contributed by atoms with Gasteiger partial charge in [0.15, 0.2) is 0 Å². The van der Waals surface area contributed by atoms with Crippen molar-refractivity contribution in [2.24, 2.45) is 0 Å². The van der Waals surface area contributed by atoms with Gasteiger partial charge in [-0.1, -0.05) is 23.7 Å². The number of benzene rings is 1. The molecular formula is C13H14ClN3. The molecule has 1 unspecified atom stereocenters. The van der Waals surface area contributed by atoms with E-state index in [1.165, 1.54) is 0 Å². The Bertz CT molecular complexity index is 535. The molecule has 1 aliphatic rings. The smallest absolute Gasteiger partial charge is 0.0908 e. The number of rotatable bonds is 2. The number of hydrogen-bond donors (Lipinski definition) is 2. The molecule has 2 aromatic rings. The molecule has 0 amide bonds. The van der Waals surface area contributed by atoms with E-state index in [4.69, 9.17) is 11.6 Å². The lowest BCUT2D eigenvalue weighted by atomic mass is 10.1. The van der Waals surface area contributed by atoms with E-state index in [-0.39, 0.29) is 0 Å². The fourth-order valence-corrected chi connectivity index (χ4v) is 2.49. The number of anilines is 1. The standard InChI is InChI=1S/C13H14ClN3/c14-11-3-1-2-10-12(5-7-16-13(10)11)17-9-4-6-15-8-9/h1-3,5,7,9,15H,4,6,8H2,(H,16,17). The maximum absolute atomic E-state index is 6.14. The monoisotopic (exact) mass is 247 g/mol. The number of halogens is 1. The van der Waals surface area contributed by atoms with Gasteiger partial charge in [-0.2, -0.15) is 0 Å². The Morgan fingerprint density at radius 2 is 2.29 bits per heavy atom. The molecule has 1 atom stereocenters. The lowest BCUT2D eigenvalue weighted by molar-refractivity contribution is 0.794. The van der Waals surface area contributed by atoms with Crippen molar-refractivity contribution in [3.8, 4) is 0 Å². The van der Waals surface area contributed by atoms with E-state index in [0.29, 0.717) is 11.1 Å². The van der Waals surface area contributed by atoms with E-state index in [9.17, 15) is 0 Å². The van der Waals surface area contributed by atoms with Gasteiger partial charge in [0, 0.05) is 29.9 Å². The molecule has 2 heterocycles. The Kier molecular flexibility index (Phi) is 2.87. The van der Waals surface area contributed by atoms with Crippen molar-refractivity contribution >= 4 is 28.2 Å². The number of para-hydroxylation sites is 1. The normalized spacial score (nSPS) is 19.7. The van der Waals surface area contributed by atoms with Gasteiger partial charge in [-0.15, -0.1) is 0 Å². The number of nitrogens with one attached hydrogen (secondary N) is 2. The van der Waals surface area contributed by atoms with Crippen LogP contribution in [-0.4, -0.2) is 24.1 Å². The van der Waals surface area contributed by atoms with Crippen LogP contribution in [0.1, 0.15) is 6.42 Å². The minimum atomic E-state index is 0.500. The second-order valence-electron chi connectivity index (χ2n) is 4.33. The highest BCUT2D eigenvalue weighted by Crippen LogP contribution is 2.27. The molecule has 2 N–H and O–H groups in total. The fraction of sp³-hybridized carbons (Fsp3) is 0.308. The summed E-state index contributed by atoms with van der Waals surface area (Å²) in [5.41, 5.74) is 1.98. The topological polar surface area (TPSA) is 37.0 Å². The first-order chi connectivity index (χ1) is 8.34. The average Bonchev–Trinajstić information content (AvgIpc) is 2.83. The summed E-state index contributed by atoms with van der Waals surface area (Å²) < 4.78 is 0. The van der Waals surface area contributed by atoms with E-state index in [0.717, 1.165) is 36.1 Å². The number of pyridine rings is 1. The molecule has 0 aliphatic carbocycles. The molecule has 88 valence electrons. The van der Waals surface area contributed by atoms with Crippen molar-refractivity contribution in [1.82, 2.24) is 10.3 Å². The van der Waals surface area contributed by atoms with E-state index >= 15 is 0 Å². The van der Waals surface area contributed by atoms with Gasteiger partial charge >= 0.3 is 0 Å². The molecule has 0 bridgehead atoms. The number of aromatic nitrogens is 1. The second-order valence-corrected chi connectivity index (χ2v) is 4.74. The summed E-state index contributed by atoms with van der Waals surface area (Å²) in [7, 11) is 0. The van der Waals surface area contributed by atoms with E-state index in [1.807, 2.05) is 18.2 Å². The molecule has 0 saturated carbocycles. The quantitative estimate of drug-likeness (QED) is 0.857. The van der Waals surface area contributed by atoms with Gasteiger partial charge in [-0.25, -0.2) is 0 Å². The first-order valence-electron chi connectivity index (χ1n) is 5.85. The fourth-order valence-electron chi connectivity index (χ4n) is 2.26. The Hall–Kier alpha value is -1.32. The second kappa shape index (κ2) is 4.51. The Morgan fingerprint density at radius 1 is 1.35 bits per heavy atom. The van der Waals surface area contributed by atoms with Crippen molar-refractivity contribution in [1.29, 1.82) is 0 Å². The van der Waals surface area contributed by atoms with E-state index in [1.54, 1.807) is 6.20 Å². The van der Waals surface area contributed by atoms with Crippen molar-refractivity contribution in [3.05, 3.63) is 35.5 Å². The third kappa shape index (κ3) is 2.08. The molecule has 17 heavy (non-hydrogen) atoms. The maximum Gasteiger partial charge on any atom is 0.0908 e. The van der Waals surface area contributed by atoms with Crippen LogP contribution in [0.4, 0.5) is 5.69 Å². The van der Waals surface area contributed by atoms with Crippen molar-refractivity contribution < 1.29 is 0 Å². The van der Waals surface area contributed by atoms with Crippen molar-refractivity contribution in [2.75, 3.05) is 18.4 Å². The maximum atomic E-state index is 6.14. The molecule has 4 heteroatoms. The predicted molar refractivity (Wildman–Crippen MR) is 71.7 cm³/mol. The number of nitrogens with zero attached hydrogens (tertiary/aromatic N) is 1. The van der Waals surface area contributed by atoms with Gasteiger partial charge in [-0.3, -0.25) is 4.98 Å². The molecule has 1 aromatic heterocycles. The lowest BCUT2D eigenvalue weighted by Gasteiger charge is -2.14. The summed E-state index contributed by atoms with van der Waals surface area (Å²) in [6.45, 7) is 2.10. The highest BCUT2D eigenvalue weighted by atomic mass is 35.5. The minimum Gasteiger partial charge on any atom is -0.380 e. The molecule has 0 radical (unpaired) electrons. The highest BCUT2D eigenvalue weighted by molar-refractivity contribution is 6.35.